The first-order chi connectivity index (χ1) is 12.2. The first-order valence-corrected chi connectivity index (χ1v) is 10.1. The van der Waals surface area contributed by atoms with E-state index in [2.05, 4.69) is 5.32 Å². The van der Waals surface area contributed by atoms with Crippen LogP contribution in [0.4, 0.5) is 11.4 Å². The maximum Gasteiger partial charge on any atom is 0.229 e. The highest BCUT2D eigenvalue weighted by Crippen LogP contribution is 2.26. The summed E-state index contributed by atoms with van der Waals surface area (Å²) in [5, 5.41) is 2.75. The van der Waals surface area contributed by atoms with Gasteiger partial charge >= 0.3 is 0 Å². The summed E-state index contributed by atoms with van der Waals surface area (Å²) in [6.45, 7) is 2.30. The lowest BCUT2D eigenvalue weighted by molar-refractivity contribution is -0.122. The predicted molar refractivity (Wildman–Crippen MR) is 99.8 cm³/mol. The van der Waals surface area contributed by atoms with Crippen molar-refractivity contribution in [3.8, 4) is 0 Å². The molecule has 0 aliphatic carbocycles. The van der Waals surface area contributed by atoms with E-state index in [0.717, 1.165) is 17.5 Å². The normalized spacial score (nSPS) is 17.4. The van der Waals surface area contributed by atoms with E-state index >= 15 is 0 Å². The van der Waals surface area contributed by atoms with Crippen LogP contribution in [-0.4, -0.2) is 33.0 Å². The molecule has 0 saturated carbocycles. The number of benzene rings is 2. The molecule has 0 spiro atoms. The molecule has 6 nitrogen and oxygen atoms in total. The molecule has 2 amide bonds. The smallest absolute Gasteiger partial charge is 0.229 e. The van der Waals surface area contributed by atoms with Crippen LogP contribution >= 0.6 is 0 Å². The van der Waals surface area contributed by atoms with Crippen molar-refractivity contribution in [1.82, 2.24) is 0 Å². The lowest BCUT2D eigenvalue weighted by Gasteiger charge is -2.17. The van der Waals surface area contributed by atoms with Gasteiger partial charge in [-0.3, -0.25) is 9.59 Å². The lowest BCUT2D eigenvalue weighted by Crippen LogP contribution is -2.28. The third-order valence-electron chi connectivity index (χ3n) is 4.39. The maximum atomic E-state index is 12.5. The molecule has 0 aromatic heterocycles. The summed E-state index contributed by atoms with van der Waals surface area (Å²) in [4.78, 5) is 26.5. The molecule has 1 N–H and O–H groups in total. The average Bonchev–Trinajstić information content (AvgIpc) is 2.97. The lowest BCUT2D eigenvalue weighted by atomic mass is 10.1. The van der Waals surface area contributed by atoms with E-state index in [9.17, 15) is 18.0 Å². The molecule has 1 aliphatic heterocycles. The first kappa shape index (κ1) is 18.1. The van der Waals surface area contributed by atoms with Gasteiger partial charge in [0.1, 0.15) is 0 Å². The molecule has 1 saturated heterocycles. The molecule has 1 fully saturated rings. The van der Waals surface area contributed by atoms with Crippen LogP contribution in [0.15, 0.2) is 53.4 Å². The van der Waals surface area contributed by atoms with Crippen molar-refractivity contribution >= 4 is 33.0 Å². The minimum absolute atomic E-state index is 0.0820. The third-order valence-corrected chi connectivity index (χ3v) is 5.52. The Kier molecular flexibility index (Phi) is 4.82. The largest absolute Gasteiger partial charge is 0.326 e. The van der Waals surface area contributed by atoms with Gasteiger partial charge in [0.2, 0.25) is 11.8 Å². The Morgan fingerprint density at radius 1 is 1.08 bits per heavy atom. The van der Waals surface area contributed by atoms with Crippen molar-refractivity contribution in [1.29, 1.82) is 0 Å². The number of carbonyl (C=O) groups is 2. The van der Waals surface area contributed by atoms with Gasteiger partial charge in [-0.05, 0) is 43.3 Å². The van der Waals surface area contributed by atoms with Gasteiger partial charge in [0.05, 0.1) is 10.8 Å². The molecule has 136 valence electrons. The Labute approximate surface area is 152 Å². The van der Waals surface area contributed by atoms with Gasteiger partial charge in [-0.1, -0.05) is 17.7 Å². The molecule has 3 rings (SSSR count). The van der Waals surface area contributed by atoms with Crippen LogP contribution in [0.3, 0.4) is 0 Å². The first-order valence-electron chi connectivity index (χ1n) is 8.22. The van der Waals surface area contributed by atoms with Gasteiger partial charge in [-0.15, -0.1) is 0 Å². The summed E-state index contributed by atoms with van der Waals surface area (Å²) in [6, 6.07) is 13.6. The molecule has 1 heterocycles. The SMILES string of the molecule is Cc1ccc(N2C[C@@H](C(=O)Nc3ccc(S(C)(=O)=O)cc3)CC2=O)cc1. The quantitative estimate of drug-likeness (QED) is 0.893. The van der Waals surface area contributed by atoms with E-state index in [1.54, 1.807) is 17.0 Å². The summed E-state index contributed by atoms with van der Waals surface area (Å²) in [5.41, 5.74) is 2.39. The Bertz CT molecular complexity index is 935. The maximum absolute atomic E-state index is 12.5. The standard InChI is InChI=1S/C19H20N2O4S/c1-13-3-7-16(8-4-13)21-12-14(11-18(21)22)19(23)20-15-5-9-17(10-6-15)26(2,24)25/h3-10,14H,11-12H2,1-2H3,(H,20,23)/t14-/m0/s1. The molecule has 1 atom stereocenters. The molecule has 26 heavy (non-hydrogen) atoms. The van der Waals surface area contributed by atoms with Crippen molar-refractivity contribution in [2.45, 2.75) is 18.2 Å². The molecule has 0 bridgehead atoms. The van der Waals surface area contributed by atoms with Crippen LogP contribution in [-0.2, 0) is 19.4 Å². The molecule has 2 aromatic rings. The Balaban J connectivity index is 1.67. The number of nitrogens with one attached hydrogen (secondary N) is 1. The highest BCUT2D eigenvalue weighted by Gasteiger charge is 2.35. The van der Waals surface area contributed by atoms with E-state index in [4.69, 9.17) is 0 Å². The minimum Gasteiger partial charge on any atom is -0.326 e. The highest BCUT2D eigenvalue weighted by atomic mass is 32.2. The number of hydrogen-bond acceptors (Lipinski definition) is 4. The number of rotatable bonds is 4. The number of hydrogen-bond donors (Lipinski definition) is 1. The van der Waals surface area contributed by atoms with Crippen LogP contribution in [0.5, 0.6) is 0 Å². The summed E-state index contributed by atoms with van der Waals surface area (Å²) in [7, 11) is -3.28. The molecule has 2 aromatic carbocycles. The number of anilines is 2. The summed E-state index contributed by atoms with van der Waals surface area (Å²) in [6.07, 6.45) is 1.28. The zero-order chi connectivity index (χ0) is 18.9. The second-order valence-electron chi connectivity index (χ2n) is 6.53. The summed E-state index contributed by atoms with van der Waals surface area (Å²) >= 11 is 0. The second-order valence-corrected chi connectivity index (χ2v) is 8.54. The van der Waals surface area contributed by atoms with E-state index in [1.807, 2.05) is 31.2 Å². The van der Waals surface area contributed by atoms with Crippen molar-refractivity contribution < 1.29 is 18.0 Å². The topological polar surface area (TPSA) is 83.6 Å². The van der Waals surface area contributed by atoms with Crippen LogP contribution in [0.25, 0.3) is 0 Å². The van der Waals surface area contributed by atoms with Gasteiger partial charge < -0.3 is 10.2 Å². The fourth-order valence-electron chi connectivity index (χ4n) is 2.89. The zero-order valence-electron chi connectivity index (χ0n) is 14.6. The Morgan fingerprint density at radius 3 is 2.27 bits per heavy atom. The minimum atomic E-state index is -3.28. The molecule has 0 unspecified atom stereocenters. The number of amides is 2. The summed E-state index contributed by atoms with van der Waals surface area (Å²) in [5.74, 6) is -0.778. The predicted octanol–water partition coefficient (Wildman–Crippen LogP) is 2.39. The molecule has 0 radical (unpaired) electrons. The van der Waals surface area contributed by atoms with E-state index in [-0.39, 0.29) is 23.1 Å². The van der Waals surface area contributed by atoms with Gasteiger partial charge in [0.25, 0.3) is 0 Å². The van der Waals surface area contributed by atoms with E-state index in [1.165, 1.54) is 12.1 Å². The van der Waals surface area contributed by atoms with E-state index in [0.29, 0.717) is 12.2 Å². The summed E-state index contributed by atoms with van der Waals surface area (Å²) < 4.78 is 22.9. The van der Waals surface area contributed by atoms with Crippen molar-refractivity contribution in [2.75, 3.05) is 23.0 Å². The highest BCUT2D eigenvalue weighted by molar-refractivity contribution is 7.90. The number of nitrogens with zero attached hydrogens (tertiary/aromatic N) is 1. The van der Waals surface area contributed by atoms with Crippen molar-refractivity contribution in [3.05, 3.63) is 54.1 Å². The molecular weight excluding hydrogens is 352 g/mol. The molecular formula is C19H20N2O4S. The van der Waals surface area contributed by atoms with E-state index < -0.39 is 15.8 Å². The van der Waals surface area contributed by atoms with Crippen molar-refractivity contribution in [2.24, 2.45) is 5.92 Å². The monoisotopic (exact) mass is 372 g/mol. The Hall–Kier alpha value is -2.67. The average molecular weight is 372 g/mol. The van der Waals surface area contributed by atoms with Crippen LogP contribution < -0.4 is 10.2 Å². The van der Waals surface area contributed by atoms with Crippen LogP contribution in [0, 0.1) is 12.8 Å². The molecule has 1 aliphatic rings. The van der Waals surface area contributed by atoms with Crippen LogP contribution in [0.1, 0.15) is 12.0 Å². The number of aryl methyl sites for hydroxylation is 1. The fourth-order valence-corrected chi connectivity index (χ4v) is 3.52. The Morgan fingerprint density at radius 2 is 1.69 bits per heavy atom. The fraction of sp³-hybridized carbons (Fsp3) is 0.263. The van der Waals surface area contributed by atoms with Gasteiger partial charge in [0.15, 0.2) is 9.84 Å². The van der Waals surface area contributed by atoms with Gasteiger partial charge in [0, 0.05) is 30.6 Å². The van der Waals surface area contributed by atoms with Gasteiger partial charge in [-0.25, -0.2) is 8.42 Å². The number of sulfone groups is 1. The van der Waals surface area contributed by atoms with Gasteiger partial charge in [-0.2, -0.15) is 0 Å². The van der Waals surface area contributed by atoms with Crippen molar-refractivity contribution in [3.63, 3.8) is 0 Å². The molecule has 7 heteroatoms. The zero-order valence-corrected chi connectivity index (χ0v) is 15.4. The van der Waals surface area contributed by atoms with Crippen LogP contribution in [0.2, 0.25) is 0 Å². The second kappa shape index (κ2) is 6.92. The number of carbonyl (C=O) groups excluding carboxylic acids is 2. The third kappa shape index (κ3) is 3.94.